The Labute approximate surface area is 177 Å². The third-order valence-corrected chi connectivity index (χ3v) is 8.20. The van der Waals surface area contributed by atoms with E-state index in [1.807, 2.05) is 24.3 Å². The van der Waals surface area contributed by atoms with Crippen LogP contribution in [0.4, 0.5) is 0 Å². The van der Waals surface area contributed by atoms with E-state index in [0.29, 0.717) is 17.4 Å². The van der Waals surface area contributed by atoms with Crippen molar-refractivity contribution < 1.29 is 19.4 Å². The van der Waals surface area contributed by atoms with E-state index in [9.17, 15) is 9.90 Å². The molecule has 2 aromatic carbocycles. The Bertz CT molecular complexity index is 1020. The summed E-state index contributed by atoms with van der Waals surface area (Å²) in [5.41, 5.74) is 2.10. The monoisotopic (exact) mass is 407 g/mol. The van der Waals surface area contributed by atoms with Crippen molar-refractivity contribution in [3.05, 3.63) is 64.7 Å². The minimum absolute atomic E-state index is 0.0196. The van der Waals surface area contributed by atoms with Crippen LogP contribution in [0.5, 0.6) is 5.75 Å². The van der Waals surface area contributed by atoms with Crippen molar-refractivity contribution in [2.45, 2.75) is 36.8 Å². The number of aliphatic hydroxyl groups is 1. The summed E-state index contributed by atoms with van der Waals surface area (Å²) in [7, 11) is 5.18. The number of hydrogen-bond acceptors (Lipinski definition) is 5. The maximum atomic E-state index is 12.6. The predicted octanol–water partition coefficient (Wildman–Crippen LogP) is 3.13. The number of likely N-dealkylation sites (N-methyl/N-ethyl adjacent to an activating group) is 1. The van der Waals surface area contributed by atoms with Gasteiger partial charge in [-0.15, -0.1) is 0 Å². The molecule has 2 aromatic rings. The first-order valence-corrected chi connectivity index (χ1v) is 10.6. The van der Waals surface area contributed by atoms with Crippen molar-refractivity contribution in [1.82, 2.24) is 4.90 Å². The SMILES string of the molecule is COC(=O)c1cccc(C2(O)[C@H]3CC4C(Cc5ccc(OC)cc5[C@@]42C)CN3C)c1. The summed E-state index contributed by atoms with van der Waals surface area (Å²) in [6, 6.07) is 13.6. The minimum Gasteiger partial charge on any atom is -0.497 e. The standard InChI is InChI=1S/C25H29NO4/c1-24-20-12-19(29-3)9-8-15(20)10-17-14-26(2)22(13-21(17)24)25(24,28)18-7-5-6-16(11-18)23(27)30-4/h5-9,11-12,17,21-22,28H,10,13-14H2,1-4H3/t17?,21?,22-,24+,25?/m1/s1. The maximum Gasteiger partial charge on any atom is 0.337 e. The number of nitrogens with zero attached hydrogens (tertiary/aromatic N) is 1. The molecule has 3 unspecified atom stereocenters. The van der Waals surface area contributed by atoms with E-state index in [-0.39, 0.29) is 12.0 Å². The van der Waals surface area contributed by atoms with E-state index in [4.69, 9.17) is 9.47 Å². The lowest BCUT2D eigenvalue weighted by atomic mass is 9.56. The van der Waals surface area contributed by atoms with Gasteiger partial charge in [-0.25, -0.2) is 4.79 Å². The molecule has 158 valence electrons. The van der Waals surface area contributed by atoms with Crippen LogP contribution >= 0.6 is 0 Å². The fourth-order valence-corrected chi connectivity index (χ4v) is 6.79. The Hall–Kier alpha value is -2.37. The number of methoxy groups -OCH3 is 2. The van der Waals surface area contributed by atoms with Gasteiger partial charge in [-0.05, 0) is 72.7 Å². The largest absolute Gasteiger partial charge is 0.497 e. The number of piperidine rings is 1. The molecular weight excluding hydrogens is 378 g/mol. The third kappa shape index (κ3) is 2.33. The summed E-state index contributed by atoms with van der Waals surface area (Å²) in [5.74, 6) is 1.29. The van der Waals surface area contributed by atoms with E-state index in [1.165, 1.54) is 18.2 Å². The van der Waals surface area contributed by atoms with Gasteiger partial charge < -0.3 is 14.6 Å². The van der Waals surface area contributed by atoms with Crippen LogP contribution in [0.1, 0.15) is 40.4 Å². The highest BCUT2D eigenvalue weighted by molar-refractivity contribution is 5.89. The highest BCUT2D eigenvalue weighted by Gasteiger charge is 2.69. The summed E-state index contributed by atoms with van der Waals surface area (Å²) in [4.78, 5) is 14.5. The molecule has 0 amide bonds. The molecule has 2 fully saturated rings. The number of esters is 1. The number of fused-ring (bicyclic) bond motifs is 3. The van der Waals surface area contributed by atoms with Gasteiger partial charge >= 0.3 is 5.97 Å². The molecule has 2 aliphatic carbocycles. The van der Waals surface area contributed by atoms with Gasteiger partial charge in [-0.2, -0.15) is 0 Å². The first-order chi connectivity index (χ1) is 14.3. The van der Waals surface area contributed by atoms with Crippen LogP contribution in [0.2, 0.25) is 0 Å². The number of ether oxygens (including phenoxy) is 2. The quantitative estimate of drug-likeness (QED) is 0.793. The molecule has 0 aromatic heterocycles. The number of carbonyl (C=O) groups is 1. The Balaban J connectivity index is 1.76. The van der Waals surface area contributed by atoms with E-state index in [2.05, 4.69) is 31.0 Å². The highest BCUT2D eigenvalue weighted by atomic mass is 16.5. The number of rotatable bonds is 3. The molecule has 30 heavy (non-hydrogen) atoms. The first kappa shape index (κ1) is 19.6. The summed E-state index contributed by atoms with van der Waals surface area (Å²) in [6.07, 6.45) is 1.96. The van der Waals surface area contributed by atoms with Crippen LogP contribution in [0.3, 0.4) is 0 Å². The fraction of sp³-hybridized carbons (Fsp3) is 0.480. The number of hydrogen-bond donors (Lipinski definition) is 1. The van der Waals surface area contributed by atoms with Crippen LogP contribution in [-0.2, 0) is 22.2 Å². The molecular formula is C25H29NO4. The van der Waals surface area contributed by atoms with Crippen molar-refractivity contribution in [3.63, 3.8) is 0 Å². The Morgan fingerprint density at radius 1 is 1.20 bits per heavy atom. The van der Waals surface area contributed by atoms with Gasteiger partial charge in [0.25, 0.3) is 0 Å². The van der Waals surface area contributed by atoms with Gasteiger partial charge in [-0.3, -0.25) is 4.90 Å². The molecule has 5 heteroatoms. The summed E-state index contributed by atoms with van der Waals surface area (Å²) in [5, 5.41) is 12.6. The van der Waals surface area contributed by atoms with Crippen LogP contribution in [0, 0.1) is 11.8 Å². The summed E-state index contributed by atoms with van der Waals surface area (Å²) >= 11 is 0. The zero-order chi connectivity index (χ0) is 21.3. The Kier molecular flexibility index (Phi) is 4.28. The molecule has 1 N–H and O–H groups in total. The molecule has 1 saturated carbocycles. The third-order valence-electron chi connectivity index (χ3n) is 8.20. The lowest BCUT2D eigenvalue weighted by Gasteiger charge is -2.49. The van der Waals surface area contributed by atoms with Crippen LogP contribution in [0.25, 0.3) is 0 Å². The molecule has 5 nitrogen and oxygen atoms in total. The molecule has 1 aliphatic heterocycles. The van der Waals surface area contributed by atoms with Crippen LogP contribution in [-0.4, -0.2) is 49.8 Å². The van der Waals surface area contributed by atoms with Crippen molar-refractivity contribution in [1.29, 1.82) is 0 Å². The predicted molar refractivity (Wildman–Crippen MR) is 114 cm³/mol. The van der Waals surface area contributed by atoms with E-state index < -0.39 is 11.0 Å². The first-order valence-electron chi connectivity index (χ1n) is 10.6. The van der Waals surface area contributed by atoms with Gasteiger partial charge in [0.05, 0.1) is 19.8 Å². The van der Waals surface area contributed by atoms with Crippen molar-refractivity contribution in [2.75, 3.05) is 27.8 Å². The zero-order valence-electron chi connectivity index (χ0n) is 18.0. The second kappa shape index (κ2) is 6.56. The van der Waals surface area contributed by atoms with Gasteiger partial charge in [0.15, 0.2) is 0 Å². The van der Waals surface area contributed by atoms with Gasteiger partial charge in [0, 0.05) is 18.0 Å². The van der Waals surface area contributed by atoms with Gasteiger partial charge in [0.2, 0.25) is 0 Å². The van der Waals surface area contributed by atoms with Crippen molar-refractivity contribution in [2.24, 2.45) is 11.8 Å². The second-order valence-corrected chi connectivity index (χ2v) is 9.33. The number of benzene rings is 2. The maximum absolute atomic E-state index is 12.6. The molecule has 2 bridgehead atoms. The summed E-state index contributed by atoms with van der Waals surface area (Å²) < 4.78 is 10.5. The van der Waals surface area contributed by atoms with Gasteiger partial charge in [-0.1, -0.05) is 25.1 Å². The zero-order valence-corrected chi connectivity index (χ0v) is 18.0. The number of likely N-dealkylation sites (tertiary alicyclic amines) is 1. The van der Waals surface area contributed by atoms with E-state index in [1.54, 1.807) is 13.2 Å². The molecule has 0 radical (unpaired) electrons. The topological polar surface area (TPSA) is 59.0 Å². The minimum atomic E-state index is -1.13. The fourth-order valence-electron chi connectivity index (χ4n) is 6.79. The molecule has 1 heterocycles. The average Bonchev–Trinajstić information content (AvgIpc) is 3.00. The Morgan fingerprint density at radius 3 is 2.73 bits per heavy atom. The molecule has 3 aliphatic rings. The van der Waals surface area contributed by atoms with E-state index in [0.717, 1.165) is 30.7 Å². The highest BCUT2D eigenvalue weighted by Crippen LogP contribution is 2.65. The van der Waals surface area contributed by atoms with Crippen LogP contribution in [0.15, 0.2) is 42.5 Å². The molecule has 5 atom stereocenters. The van der Waals surface area contributed by atoms with E-state index >= 15 is 0 Å². The number of carbonyl (C=O) groups excluding carboxylic acids is 1. The second-order valence-electron chi connectivity index (χ2n) is 9.33. The lowest BCUT2D eigenvalue weighted by Crippen LogP contribution is -2.54. The molecule has 5 rings (SSSR count). The van der Waals surface area contributed by atoms with Crippen molar-refractivity contribution in [3.8, 4) is 5.75 Å². The average molecular weight is 408 g/mol. The molecule has 0 spiro atoms. The Morgan fingerprint density at radius 2 is 2.00 bits per heavy atom. The van der Waals surface area contributed by atoms with Crippen molar-refractivity contribution >= 4 is 5.97 Å². The molecule has 1 saturated heterocycles. The smallest absolute Gasteiger partial charge is 0.337 e. The summed E-state index contributed by atoms with van der Waals surface area (Å²) in [6.45, 7) is 3.18. The lowest BCUT2D eigenvalue weighted by molar-refractivity contribution is -0.0653. The van der Waals surface area contributed by atoms with Gasteiger partial charge in [0.1, 0.15) is 11.4 Å². The van der Waals surface area contributed by atoms with Crippen LogP contribution < -0.4 is 4.74 Å². The normalized spacial score (nSPS) is 34.4.